The number of halogens is 2. The maximum absolute atomic E-state index is 14.2. The third-order valence-electron chi connectivity index (χ3n) is 4.71. The van der Waals surface area contributed by atoms with Gasteiger partial charge in [-0.1, -0.05) is 30.3 Å². The molecule has 1 N–H and O–H groups in total. The van der Waals surface area contributed by atoms with Gasteiger partial charge in [0.2, 0.25) is 0 Å². The molecule has 0 spiro atoms. The standard InChI is InChI=1S/C22H20F2N2O3/c1-14(20-11-8-17(23)13-21(20)24)25-22(15-6-9-19(29-2)10-7-15)16-4-3-5-18(12-16)26(27)28/h3-14,22,25H,1-2H3. The highest BCUT2D eigenvalue weighted by Crippen LogP contribution is 2.30. The SMILES string of the molecule is COc1ccc(C(NC(C)c2ccc(F)cc2F)c2cccc([N+](=O)[O-])c2)cc1. The van der Waals surface area contributed by atoms with Gasteiger partial charge in [0.05, 0.1) is 18.1 Å². The van der Waals surface area contributed by atoms with Crippen LogP contribution in [0.4, 0.5) is 14.5 Å². The molecule has 7 heteroatoms. The zero-order valence-corrected chi connectivity index (χ0v) is 15.9. The minimum absolute atomic E-state index is 0.0385. The van der Waals surface area contributed by atoms with E-state index in [4.69, 9.17) is 4.74 Å². The van der Waals surface area contributed by atoms with Gasteiger partial charge in [0.25, 0.3) is 5.69 Å². The summed E-state index contributed by atoms with van der Waals surface area (Å²) in [5.74, 6) is -0.634. The van der Waals surface area contributed by atoms with Gasteiger partial charge in [-0.25, -0.2) is 8.78 Å². The Labute approximate surface area is 167 Å². The zero-order chi connectivity index (χ0) is 21.0. The summed E-state index contributed by atoms with van der Waals surface area (Å²) in [7, 11) is 1.56. The molecule has 0 saturated carbocycles. The maximum Gasteiger partial charge on any atom is 0.269 e. The highest BCUT2D eigenvalue weighted by atomic mass is 19.1. The number of rotatable bonds is 7. The first-order valence-electron chi connectivity index (χ1n) is 8.98. The van der Waals surface area contributed by atoms with Crippen LogP contribution in [0.25, 0.3) is 0 Å². The Kier molecular flexibility index (Phi) is 6.19. The third-order valence-corrected chi connectivity index (χ3v) is 4.71. The molecule has 3 aromatic rings. The van der Waals surface area contributed by atoms with E-state index in [1.54, 1.807) is 38.3 Å². The van der Waals surface area contributed by atoms with Crippen molar-refractivity contribution in [2.45, 2.75) is 19.0 Å². The predicted molar refractivity (Wildman–Crippen MR) is 106 cm³/mol. The Bertz CT molecular complexity index is 1010. The maximum atomic E-state index is 14.2. The molecule has 0 saturated heterocycles. The molecule has 150 valence electrons. The van der Waals surface area contributed by atoms with E-state index in [1.165, 1.54) is 24.3 Å². The fraction of sp³-hybridized carbons (Fsp3) is 0.182. The fourth-order valence-corrected chi connectivity index (χ4v) is 3.19. The molecule has 3 rings (SSSR count). The van der Waals surface area contributed by atoms with Crippen molar-refractivity contribution in [2.24, 2.45) is 0 Å². The largest absolute Gasteiger partial charge is 0.497 e. The van der Waals surface area contributed by atoms with E-state index >= 15 is 0 Å². The first-order chi connectivity index (χ1) is 13.9. The summed E-state index contributed by atoms with van der Waals surface area (Å²) < 4.78 is 32.7. The van der Waals surface area contributed by atoms with Gasteiger partial charge in [0, 0.05) is 29.8 Å². The number of nitrogens with zero attached hydrogens (tertiary/aromatic N) is 1. The highest BCUT2D eigenvalue weighted by Gasteiger charge is 2.21. The second kappa shape index (κ2) is 8.79. The van der Waals surface area contributed by atoms with E-state index in [1.807, 2.05) is 12.1 Å². The van der Waals surface area contributed by atoms with Gasteiger partial charge in [0.15, 0.2) is 0 Å². The highest BCUT2D eigenvalue weighted by molar-refractivity contribution is 5.41. The molecule has 2 atom stereocenters. The summed E-state index contributed by atoms with van der Waals surface area (Å²) in [4.78, 5) is 10.7. The number of nitrogens with one attached hydrogen (secondary N) is 1. The van der Waals surface area contributed by atoms with Gasteiger partial charge < -0.3 is 4.74 Å². The Hall–Kier alpha value is -3.32. The lowest BCUT2D eigenvalue weighted by molar-refractivity contribution is -0.384. The lowest BCUT2D eigenvalue weighted by atomic mass is 9.96. The van der Waals surface area contributed by atoms with Crippen molar-refractivity contribution in [3.05, 3.63) is 105 Å². The number of methoxy groups -OCH3 is 1. The minimum atomic E-state index is -0.655. The number of ether oxygens (including phenoxy) is 1. The zero-order valence-electron chi connectivity index (χ0n) is 15.9. The molecular formula is C22H20F2N2O3. The van der Waals surface area contributed by atoms with Crippen molar-refractivity contribution in [1.82, 2.24) is 5.32 Å². The molecular weight excluding hydrogens is 378 g/mol. The minimum Gasteiger partial charge on any atom is -0.497 e. The summed E-state index contributed by atoms with van der Waals surface area (Å²) in [5, 5.41) is 14.5. The van der Waals surface area contributed by atoms with Crippen LogP contribution in [0.1, 0.15) is 35.7 Å². The molecule has 0 aliphatic heterocycles. The van der Waals surface area contributed by atoms with Gasteiger partial charge >= 0.3 is 0 Å². The van der Waals surface area contributed by atoms with Gasteiger partial charge in [0.1, 0.15) is 17.4 Å². The lowest BCUT2D eigenvalue weighted by Gasteiger charge is -2.25. The quantitative estimate of drug-likeness (QED) is 0.432. The van der Waals surface area contributed by atoms with Crippen LogP contribution >= 0.6 is 0 Å². The predicted octanol–water partition coefficient (Wildman–Crippen LogP) is 5.32. The first kappa shape index (κ1) is 20.4. The Balaban J connectivity index is 2.00. The van der Waals surface area contributed by atoms with Crippen molar-refractivity contribution in [2.75, 3.05) is 7.11 Å². The summed E-state index contributed by atoms with van der Waals surface area (Å²) in [6.07, 6.45) is 0. The Morgan fingerprint density at radius 1 is 1.00 bits per heavy atom. The van der Waals surface area contributed by atoms with Crippen molar-refractivity contribution < 1.29 is 18.4 Å². The molecule has 3 aromatic carbocycles. The van der Waals surface area contributed by atoms with E-state index in [0.717, 1.165) is 11.6 Å². The van der Waals surface area contributed by atoms with Crippen LogP contribution in [-0.4, -0.2) is 12.0 Å². The number of nitro groups is 1. The summed E-state index contributed by atoms with van der Waals surface area (Å²) in [6, 6.07) is 16.0. The topological polar surface area (TPSA) is 64.4 Å². The second-order valence-electron chi connectivity index (χ2n) is 6.61. The molecule has 2 unspecified atom stereocenters. The number of benzene rings is 3. The Morgan fingerprint density at radius 2 is 1.72 bits per heavy atom. The van der Waals surface area contributed by atoms with E-state index < -0.39 is 28.6 Å². The summed E-state index contributed by atoms with van der Waals surface area (Å²) in [6.45, 7) is 1.75. The van der Waals surface area contributed by atoms with Crippen LogP contribution in [0, 0.1) is 21.7 Å². The molecule has 0 amide bonds. The van der Waals surface area contributed by atoms with E-state index in [2.05, 4.69) is 5.32 Å². The van der Waals surface area contributed by atoms with E-state index in [-0.39, 0.29) is 5.69 Å². The molecule has 0 bridgehead atoms. The van der Waals surface area contributed by atoms with Crippen molar-refractivity contribution in [1.29, 1.82) is 0 Å². The molecule has 0 aliphatic rings. The average Bonchev–Trinajstić information content (AvgIpc) is 2.72. The summed E-state index contributed by atoms with van der Waals surface area (Å²) >= 11 is 0. The van der Waals surface area contributed by atoms with Gasteiger partial charge in [-0.05, 0) is 36.2 Å². The van der Waals surface area contributed by atoms with Crippen LogP contribution in [0.5, 0.6) is 5.75 Å². The molecule has 0 heterocycles. The van der Waals surface area contributed by atoms with Crippen LogP contribution < -0.4 is 10.1 Å². The second-order valence-corrected chi connectivity index (χ2v) is 6.61. The number of nitro benzene ring substituents is 1. The molecule has 0 aliphatic carbocycles. The number of hydrogen-bond acceptors (Lipinski definition) is 4. The van der Waals surface area contributed by atoms with Crippen LogP contribution in [0.3, 0.4) is 0 Å². The van der Waals surface area contributed by atoms with E-state index in [9.17, 15) is 18.9 Å². The molecule has 0 aromatic heterocycles. The van der Waals surface area contributed by atoms with Gasteiger partial charge in [-0.2, -0.15) is 0 Å². The smallest absolute Gasteiger partial charge is 0.269 e. The normalized spacial score (nSPS) is 13.0. The van der Waals surface area contributed by atoms with E-state index in [0.29, 0.717) is 16.9 Å². The van der Waals surface area contributed by atoms with Crippen molar-refractivity contribution in [3.63, 3.8) is 0 Å². The molecule has 0 fully saturated rings. The number of hydrogen-bond donors (Lipinski definition) is 1. The number of non-ortho nitro benzene ring substituents is 1. The molecule has 0 radical (unpaired) electrons. The summed E-state index contributed by atoms with van der Waals surface area (Å²) in [5.41, 5.74) is 1.73. The van der Waals surface area contributed by atoms with Gasteiger partial charge in [-0.15, -0.1) is 0 Å². The third kappa shape index (κ3) is 4.75. The average molecular weight is 398 g/mol. The molecule has 5 nitrogen and oxygen atoms in total. The van der Waals surface area contributed by atoms with Crippen molar-refractivity contribution in [3.8, 4) is 5.75 Å². The van der Waals surface area contributed by atoms with Crippen LogP contribution in [0.15, 0.2) is 66.7 Å². The van der Waals surface area contributed by atoms with Crippen LogP contribution in [0.2, 0.25) is 0 Å². The van der Waals surface area contributed by atoms with Crippen molar-refractivity contribution >= 4 is 5.69 Å². The molecule has 29 heavy (non-hydrogen) atoms. The van der Waals surface area contributed by atoms with Gasteiger partial charge in [-0.3, -0.25) is 15.4 Å². The fourth-order valence-electron chi connectivity index (χ4n) is 3.19. The lowest BCUT2D eigenvalue weighted by Crippen LogP contribution is -2.26. The van der Waals surface area contributed by atoms with Crippen LogP contribution in [-0.2, 0) is 0 Å². The first-order valence-corrected chi connectivity index (χ1v) is 8.98. The Morgan fingerprint density at radius 3 is 2.34 bits per heavy atom. The monoisotopic (exact) mass is 398 g/mol.